The largest absolute Gasteiger partial charge is 0.481 e. The van der Waals surface area contributed by atoms with E-state index < -0.39 is 18.2 Å². The number of carbonyl (C=O) groups excluding carboxylic acids is 2. The molecule has 2 aromatic rings. The summed E-state index contributed by atoms with van der Waals surface area (Å²) in [4.78, 5) is 29.4. The quantitative estimate of drug-likeness (QED) is 0.227. The number of benzene rings is 2. The summed E-state index contributed by atoms with van der Waals surface area (Å²) in [6.07, 6.45) is -0.751. The highest BCUT2D eigenvalue weighted by Crippen LogP contribution is 2.20. The van der Waals surface area contributed by atoms with Gasteiger partial charge in [-0.05, 0) is 48.4 Å². The maximum absolute atomic E-state index is 10.5. The zero-order valence-corrected chi connectivity index (χ0v) is 17.6. The smallest absolute Gasteiger partial charge is 0.305 e. The van der Waals surface area contributed by atoms with Crippen LogP contribution in [0.2, 0.25) is 0 Å². The van der Waals surface area contributed by atoms with Crippen LogP contribution in [0.25, 0.3) is 0 Å². The first-order chi connectivity index (χ1) is 14.7. The van der Waals surface area contributed by atoms with Crippen molar-refractivity contribution >= 4 is 18.4 Å². The lowest BCUT2D eigenvalue weighted by atomic mass is 9.97. The molecule has 8 heteroatoms. The van der Waals surface area contributed by atoms with Crippen molar-refractivity contribution in [1.29, 1.82) is 0 Å². The number of carboxylic acid groups (broad SMARTS) is 1. The molecule has 0 aliphatic carbocycles. The highest BCUT2D eigenvalue weighted by atomic mass is 16.5. The Hall–Kier alpha value is -3.51. The van der Waals surface area contributed by atoms with Gasteiger partial charge in [0.25, 0.3) is 6.47 Å². The van der Waals surface area contributed by atoms with Crippen LogP contribution in [0.4, 0.5) is 0 Å². The topological polar surface area (TPSA) is 153 Å². The molecule has 31 heavy (non-hydrogen) atoms. The van der Waals surface area contributed by atoms with Gasteiger partial charge in [0.15, 0.2) is 12.2 Å². The fraction of sp³-hybridized carbons (Fsp3) is 0.261. The monoisotopic (exact) mass is 428 g/mol. The SMILES string of the molecule is C=C=C=O.Cc1ccc(CO)cc1C(N)CC(=O)O.Cc1ccccc1C(N)OC=O. The zero-order valence-electron chi connectivity index (χ0n) is 17.6. The van der Waals surface area contributed by atoms with Gasteiger partial charge in [-0.15, -0.1) is 0 Å². The van der Waals surface area contributed by atoms with Crippen LogP contribution < -0.4 is 11.5 Å². The third kappa shape index (κ3) is 10.7. The molecule has 0 saturated carbocycles. The lowest BCUT2D eigenvalue weighted by Crippen LogP contribution is -2.16. The number of carboxylic acids is 1. The summed E-state index contributed by atoms with van der Waals surface area (Å²) in [5.41, 5.74) is 17.5. The van der Waals surface area contributed by atoms with Crippen molar-refractivity contribution in [2.75, 3.05) is 0 Å². The van der Waals surface area contributed by atoms with Crippen LogP contribution in [0.15, 0.2) is 54.8 Å². The standard InChI is InChI=1S/C11H15NO3.C9H11NO2.C3H2O/c1-7-2-3-8(6-13)4-9(7)10(12)5-11(14)15;1-7-4-2-3-5-8(7)9(10)12-6-11;1-2-3-4/h2-4,10,13H,5-6,12H2,1H3,(H,14,15);2-6,9H,10H2,1H3;1H2. The Balaban J connectivity index is 0.000000504. The predicted octanol–water partition coefficient (Wildman–Crippen LogP) is 2.25. The Morgan fingerprint density at radius 3 is 2.23 bits per heavy atom. The summed E-state index contributed by atoms with van der Waals surface area (Å²) >= 11 is 0. The van der Waals surface area contributed by atoms with Gasteiger partial charge in [0.05, 0.1) is 13.0 Å². The van der Waals surface area contributed by atoms with Crippen LogP contribution in [-0.4, -0.2) is 28.6 Å². The van der Waals surface area contributed by atoms with E-state index in [2.05, 4.69) is 11.3 Å². The van der Waals surface area contributed by atoms with Crippen LogP contribution in [0, 0.1) is 13.8 Å². The van der Waals surface area contributed by atoms with Crippen molar-refractivity contribution in [2.24, 2.45) is 11.5 Å². The molecule has 0 radical (unpaired) electrons. The lowest BCUT2D eigenvalue weighted by Gasteiger charge is -2.13. The van der Waals surface area contributed by atoms with Crippen LogP contribution >= 0.6 is 0 Å². The fourth-order valence-corrected chi connectivity index (χ4v) is 2.53. The first kappa shape index (κ1) is 27.5. The van der Waals surface area contributed by atoms with Gasteiger partial charge in [-0.25, -0.2) is 4.79 Å². The molecule has 0 aliphatic heterocycles. The molecular formula is C23H28N2O6. The number of aryl methyl sites for hydroxylation is 2. The summed E-state index contributed by atoms with van der Waals surface area (Å²) in [6.45, 7) is 7.02. The van der Waals surface area contributed by atoms with Crippen LogP contribution in [0.1, 0.15) is 46.5 Å². The number of hydrogen-bond donors (Lipinski definition) is 4. The van der Waals surface area contributed by atoms with Gasteiger partial charge in [-0.1, -0.05) is 42.5 Å². The van der Waals surface area contributed by atoms with E-state index in [-0.39, 0.29) is 13.0 Å². The van der Waals surface area contributed by atoms with Crippen molar-refractivity contribution < 1.29 is 29.3 Å². The van der Waals surface area contributed by atoms with Crippen molar-refractivity contribution in [3.8, 4) is 0 Å². The third-order valence-electron chi connectivity index (χ3n) is 4.09. The second kappa shape index (κ2) is 15.3. The second-order valence-corrected chi connectivity index (χ2v) is 6.34. The van der Waals surface area contributed by atoms with Gasteiger partial charge in [0, 0.05) is 11.6 Å². The van der Waals surface area contributed by atoms with Gasteiger partial charge >= 0.3 is 5.97 Å². The first-order valence-electron chi connectivity index (χ1n) is 9.18. The normalized spacial score (nSPS) is 11.1. The molecule has 2 rings (SSSR count). The van der Waals surface area contributed by atoms with E-state index in [1.807, 2.05) is 49.9 Å². The number of aliphatic hydroxyl groups excluding tert-OH is 1. The molecule has 2 unspecified atom stereocenters. The van der Waals surface area contributed by atoms with Crippen molar-refractivity contribution in [2.45, 2.75) is 39.1 Å². The predicted molar refractivity (Wildman–Crippen MR) is 116 cm³/mol. The highest BCUT2D eigenvalue weighted by Gasteiger charge is 2.13. The Morgan fingerprint density at radius 1 is 1.16 bits per heavy atom. The summed E-state index contributed by atoms with van der Waals surface area (Å²) in [5.74, 6) is 0.399. The molecule has 0 heterocycles. The number of nitrogens with two attached hydrogens (primary N) is 2. The molecular weight excluding hydrogens is 400 g/mol. The van der Waals surface area contributed by atoms with E-state index in [9.17, 15) is 9.59 Å². The number of carbonyl (C=O) groups is 2. The Bertz CT molecular complexity index is 908. The van der Waals surface area contributed by atoms with E-state index in [0.29, 0.717) is 6.47 Å². The molecule has 0 aliphatic rings. The minimum Gasteiger partial charge on any atom is -0.481 e. The molecule has 2 atom stereocenters. The molecule has 2 aromatic carbocycles. The average molecular weight is 428 g/mol. The molecule has 8 nitrogen and oxygen atoms in total. The van der Waals surface area contributed by atoms with Crippen molar-refractivity contribution in [3.63, 3.8) is 0 Å². The molecule has 6 N–H and O–H groups in total. The molecule has 0 aromatic heterocycles. The van der Waals surface area contributed by atoms with Crippen LogP contribution in [0.3, 0.4) is 0 Å². The number of rotatable bonds is 7. The number of aliphatic carboxylic acids is 1. The minimum atomic E-state index is -0.920. The van der Waals surface area contributed by atoms with E-state index >= 15 is 0 Å². The number of hydrogen-bond acceptors (Lipinski definition) is 7. The Morgan fingerprint density at radius 2 is 1.74 bits per heavy atom. The van der Waals surface area contributed by atoms with Crippen LogP contribution in [-0.2, 0) is 25.7 Å². The molecule has 0 saturated heterocycles. The number of aliphatic hydroxyl groups is 1. The van der Waals surface area contributed by atoms with Gasteiger partial charge in [0.1, 0.15) is 0 Å². The fourth-order valence-electron chi connectivity index (χ4n) is 2.53. The summed E-state index contributed by atoms with van der Waals surface area (Å²) in [7, 11) is 0. The third-order valence-corrected chi connectivity index (χ3v) is 4.09. The average Bonchev–Trinajstić information content (AvgIpc) is 2.74. The van der Waals surface area contributed by atoms with Gasteiger partial charge in [0.2, 0.25) is 0 Å². The summed E-state index contributed by atoms with van der Waals surface area (Å²) < 4.78 is 4.61. The first-order valence-corrected chi connectivity index (χ1v) is 9.18. The van der Waals surface area contributed by atoms with E-state index in [1.54, 1.807) is 12.1 Å². The van der Waals surface area contributed by atoms with Crippen molar-refractivity contribution in [3.05, 3.63) is 82.6 Å². The maximum Gasteiger partial charge on any atom is 0.305 e. The molecule has 0 spiro atoms. The number of ether oxygens (including phenoxy) is 1. The summed E-state index contributed by atoms with van der Waals surface area (Å²) in [6, 6.07) is 12.4. The maximum atomic E-state index is 10.5. The highest BCUT2D eigenvalue weighted by molar-refractivity contribution is 5.68. The summed E-state index contributed by atoms with van der Waals surface area (Å²) in [5, 5.41) is 17.6. The van der Waals surface area contributed by atoms with E-state index in [4.69, 9.17) is 26.5 Å². The Labute approximate surface area is 181 Å². The van der Waals surface area contributed by atoms with Gasteiger partial charge in [-0.2, -0.15) is 0 Å². The molecule has 0 fully saturated rings. The van der Waals surface area contributed by atoms with Gasteiger partial charge < -0.3 is 20.7 Å². The Kier molecular flexibility index (Phi) is 13.6. The lowest BCUT2D eigenvalue weighted by molar-refractivity contribution is -0.137. The molecule has 166 valence electrons. The van der Waals surface area contributed by atoms with Gasteiger partial charge in [-0.3, -0.25) is 15.3 Å². The van der Waals surface area contributed by atoms with Crippen LogP contribution in [0.5, 0.6) is 0 Å². The zero-order chi connectivity index (χ0) is 23.8. The molecule has 0 amide bonds. The van der Waals surface area contributed by atoms with E-state index in [0.717, 1.165) is 27.8 Å². The van der Waals surface area contributed by atoms with Crippen molar-refractivity contribution in [1.82, 2.24) is 0 Å². The molecule has 0 bridgehead atoms. The minimum absolute atomic E-state index is 0.0624. The van der Waals surface area contributed by atoms with E-state index in [1.165, 1.54) is 5.94 Å². The second-order valence-electron chi connectivity index (χ2n) is 6.34.